The summed E-state index contributed by atoms with van der Waals surface area (Å²) in [6.07, 6.45) is 1.25. The average Bonchev–Trinajstić information content (AvgIpc) is 2.40. The van der Waals surface area contributed by atoms with E-state index in [0.717, 1.165) is 0 Å². The fourth-order valence-corrected chi connectivity index (χ4v) is 1.32. The molecule has 18 heavy (non-hydrogen) atoms. The van der Waals surface area contributed by atoms with Crippen LogP contribution in [0.15, 0.2) is 46.7 Å². The molecule has 0 aliphatic carbocycles. The topological polar surface area (TPSA) is 58.9 Å². The minimum Gasteiger partial charge on any atom is -0.510 e. The lowest BCUT2D eigenvalue weighted by molar-refractivity contribution is -0.138. The molecular formula is C13H14ClNO3. The second-order valence-electron chi connectivity index (χ2n) is 3.31. The number of ether oxygens (including phenoxy) is 1. The highest BCUT2D eigenvalue weighted by Gasteiger charge is 2.13. The predicted molar refractivity (Wildman–Crippen MR) is 71.6 cm³/mol. The molecule has 0 unspecified atom stereocenters. The molecule has 0 amide bonds. The number of allylic oxidation sites excluding steroid dienone is 1. The van der Waals surface area contributed by atoms with Gasteiger partial charge in [-0.1, -0.05) is 18.2 Å². The van der Waals surface area contributed by atoms with Crippen LogP contribution in [0.3, 0.4) is 0 Å². The van der Waals surface area contributed by atoms with Crippen LogP contribution in [0.5, 0.6) is 0 Å². The van der Waals surface area contributed by atoms with Crippen molar-refractivity contribution in [3.8, 4) is 0 Å². The second kappa shape index (κ2) is 7.50. The van der Waals surface area contributed by atoms with Gasteiger partial charge in [-0.05, 0) is 19.1 Å². The monoisotopic (exact) mass is 267 g/mol. The lowest BCUT2D eigenvalue weighted by atomic mass is 10.2. The number of rotatable bonds is 5. The molecule has 1 aromatic rings. The minimum absolute atomic E-state index is 0.0318. The van der Waals surface area contributed by atoms with Gasteiger partial charge in [0.15, 0.2) is 0 Å². The molecular weight excluding hydrogens is 254 g/mol. The minimum atomic E-state index is -0.643. The van der Waals surface area contributed by atoms with Crippen LogP contribution in [0.4, 0.5) is 5.69 Å². The molecule has 0 radical (unpaired) electrons. The maximum Gasteiger partial charge on any atom is 0.343 e. The zero-order valence-electron chi connectivity index (χ0n) is 9.97. The fourth-order valence-electron chi connectivity index (χ4n) is 1.18. The molecule has 1 aromatic carbocycles. The number of nitrogens with zero attached hydrogens (tertiary/aromatic N) is 1. The van der Waals surface area contributed by atoms with Gasteiger partial charge in [0.1, 0.15) is 11.3 Å². The molecule has 0 fully saturated rings. The van der Waals surface area contributed by atoms with Gasteiger partial charge in [0.2, 0.25) is 0 Å². The molecule has 0 bridgehead atoms. The first-order valence-electron chi connectivity index (χ1n) is 5.43. The summed E-state index contributed by atoms with van der Waals surface area (Å²) in [5.74, 6) is -1.07. The van der Waals surface area contributed by atoms with E-state index in [0.29, 0.717) is 5.69 Å². The number of carbonyl (C=O) groups is 1. The number of esters is 1. The number of aliphatic imine (C=N–C) groups is 1. The van der Waals surface area contributed by atoms with Crippen molar-refractivity contribution in [2.75, 3.05) is 12.5 Å². The van der Waals surface area contributed by atoms with Crippen LogP contribution in [-0.4, -0.2) is 29.8 Å². The van der Waals surface area contributed by atoms with Gasteiger partial charge in [0.05, 0.1) is 18.2 Å². The highest BCUT2D eigenvalue weighted by Crippen LogP contribution is 2.11. The van der Waals surface area contributed by atoms with Crippen molar-refractivity contribution in [3.63, 3.8) is 0 Å². The first-order valence-corrected chi connectivity index (χ1v) is 5.96. The van der Waals surface area contributed by atoms with Crippen molar-refractivity contribution in [1.29, 1.82) is 0 Å². The maximum absolute atomic E-state index is 11.6. The Morgan fingerprint density at radius 3 is 2.67 bits per heavy atom. The third-order valence-electron chi connectivity index (χ3n) is 2.03. The SMILES string of the molecule is CCOC(=O)/C(C=Nc1ccccc1)=C(/O)CCl. The average molecular weight is 268 g/mol. The van der Waals surface area contributed by atoms with Gasteiger partial charge in [-0.3, -0.25) is 4.99 Å². The van der Waals surface area contributed by atoms with E-state index in [1.807, 2.05) is 18.2 Å². The largest absolute Gasteiger partial charge is 0.510 e. The van der Waals surface area contributed by atoms with E-state index >= 15 is 0 Å². The third kappa shape index (κ3) is 4.22. The maximum atomic E-state index is 11.6. The van der Waals surface area contributed by atoms with Crippen LogP contribution in [0.2, 0.25) is 0 Å². The number of para-hydroxylation sites is 1. The number of carbonyl (C=O) groups excluding carboxylic acids is 1. The Kier molecular flexibility index (Phi) is 5.94. The van der Waals surface area contributed by atoms with E-state index in [-0.39, 0.29) is 23.8 Å². The van der Waals surface area contributed by atoms with Gasteiger partial charge in [-0.15, -0.1) is 11.6 Å². The predicted octanol–water partition coefficient (Wildman–Crippen LogP) is 3.00. The standard InChI is InChI=1S/C13H14ClNO3/c1-2-18-13(17)11(12(16)8-14)9-15-10-6-4-3-5-7-10/h3-7,9,16H,2,8H2,1H3/b12-11+,15-9?. The molecule has 0 aliphatic rings. The van der Waals surface area contributed by atoms with E-state index < -0.39 is 5.97 Å². The van der Waals surface area contributed by atoms with Crippen molar-refractivity contribution in [1.82, 2.24) is 0 Å². The molecule has 1 rings (SSSR count). The van der Waals surface area contributed by atoms with Crippen LogP contribution >= 0.6 is 11.6 Å². The lowest BCUT2D eigenvalue weighted by Gasteiger charge is -2.04. The van der Waals surface area contributed by atoms with Gasteiger partial charge >= 0.3 is 5.97 Å². The number of hydrogen-bond acceptors (Lipinski definition) is 4. The zero-order valence-corrected chi connectivity index (χ0v) is 10.7. The summed E-state index contributed by atoms with van der Waals surface area (Å²) in [5, 5.41) is 9.55. The Bertz CT molecular complexity index is 455. The molecule has 4 nitrogen and oxygen atoms in total. The Labute approximate surface area is 111 Å². The number of aliphatic hydroxyl groups excluding tert-OH is 1. The summed E-state index contributed by atoms with van der Waals surface area (Å²) in [5.41, 5.74) is 0.636. The van der Waals surface area contributed by atoms with E-state index in [4.69, 9.17) is 16.3 Å². The van der Waals surface area contributed by atoms with Crippen molar-refractivity contribution in [3.05, 3.63) is 41.7 Å². The fraction of sp³-hybridized carbons (Fsp3) is 0.231. The quantitative estimate of drug-likeness (QED) is 0.293. The molecule has 0 heterocycles. The van der Waals surface area contributed by atoms with Crippen LogP contribution in [-0.2, 0) is 9.53 Å². The molecule has 5 heteroatoms. The first kappa shape index (κ1) is 14.3. The Morgan fingerprint density at radius 2 is 2.11 bits per heavy atom. The number of aliphatic hydroxyl groups is 1. The number of alkyl halides is 1. The van der Waals surface area contributed by atoms with E-state index in [1.165, 1.54) is 6.21 Å². The molecule has 0 saturated heterocycles. The van der Waals surface area contributed by atoms with E-state index in [2.05, 4.69) is 4.99 Å². The van der Waals surface area contributed by atoms with Crippen molar-refractivity contribution < 1.29 is 14.6 Å². The smallest absolute Gasteiger partial charge is 0.343 e. The molecule has 0 aliphatic heterocycles. The number of halogens is 1. The van der Waals surface area contributed by atoms with Crippen molar-refractivity contribution in [2.45, 2.75) is 6.92 Å². The summed E-state index contributed by atoms with van der Waals surface area (Å²) in [7, 11) is 0. The molecule has 0 spiro atoms. The van der Waals surface area contributed by atoms with E-state index in [1.54, 1.807) is 19.1 Å². The Balaban J connectivity index is 2.93. The van der Waals surface area contributed by atoms with Crippen molar-refractivity contribution >= 4 is 29.5 Å². The highest BCUT2D eigenvalue weighted by molar-refractivity contribution is 6.21. The molecule has 96 valence electrons. The van der Waals surface area contributed by atoms with Gasteiger partial charge < -0.3 is 9.84 Å². The molecule has 0 atom stereocenters. The number of benzene rings is 1. The second-order valence-corrected chi connectivity index (χ2v) is 3.58. The van der Waals surface area contributed by atoms with E-state index in [9.17, 15) is 9.90 Å². The summed E-state index contributed by atoms with van der Waals surface area (Å²) in [6.45, 7) is 1.90. The third-order valence-corrected chi connectivity index (χ3v) is 2.28. The molecule has 0 aromatic heterocycles. The summed E-state index contributed by atoms with van der Waals surface area (Å²) >= 11 is 5.50. The first-order chi connectivity index (χ1) is 8.69. The number of hydrogen-bond donors (Lipinski definition) is 1. The van der Waals surface area contributed by atoms with Gasteiger partial charge in [-0.25, -0.2) is 4.79 Å². The van der Waals surface area contributed by atoms with Crippen LogP contribution < -0.4 is 0 Å². The van der Waals surface area contributed by atoms with Crippen LogP contribution in [0.25, 0.3) is 0 Å². The Morgan fingerprint density at radius 1 is 1.44 bits per heavy atom. The lowest BCUT2D eigenvalue weighted by Crippen LogP contribution is -2.12. The molecule has 0 saturated carbocycles. The van der Waals surface area contributed by atoms with Crippen molar-refractivity contribution in [2.24, 2.45) is 4.99 Å². The summed E-state index contributed by atoms with van der Waals surface area (Å²) < 4.78 is 4.81. The summed E-state index contributed by atoms with van der Waals surface area (Å²) in [4.78, 5) is 15.7. The molecule has 1 N–H and O–H groups in total. The Hall–Kier alpha value is -1.81. The highest BCUT2D eigenvalue weighted by atomic mass is 35.5. The van der Waals surface area contributed by atoms with Crippen LogP contribution in [0, 0.1) is 0 Å². The van der Waals surface area contributed by atoms with Gasteiger partial charge in [0.25, 0.3) is 0 Å². The van der Waals surface area contributed by atoms with Crippen LogP contribution in [0.1, 0.15) is 6.92 Å². The zero-order chi connectivity index (χ0) is 13.4. The normalized spacial score (nSPS) is 12.3. The summed E-state index contributed by atoms with van der Waals surface area (Å²) in [6, 6.07) is 9.05. The van der Waals surface area contributed by atoms with Gasteiger partial charge in [-0.2, -0.15) is 0 Å². The van der Waals surface area contributed by atoms with Gasteiger partial charge in [0, 0.05) is 6.21 Å².